The molecule has 0 saturated heterocycles. The third kappa shape index (κ3) is 1.33. The number of carbonyl (C=O) groups is 1. The first kappa shape index (κ1) is 9.95. The molecule has 4 aliphatic rings. The second-order valence-corrected chi connectivity index (χ2v) is 6.77. The van der Waals surface area contributed by atoms with Crippen LogP contribution in [0.1, 0.15) is 38.5 Å². The summed E-state index contributed by atoms with van der Waals surface area (Å²) in [7, 11) is 1.75. The van der Waals surface area contributed by atoms with E-state index in [-0.39, 0.29) is 16.2 Å². The Bertz CT molecular complexity index is 301. The van der Waals surface area contributed by atoms with E-state index in [9.17, 15) is 4.79 Å². The fraction of sp³-hybridized carbons (Fsp3) is 0.917. The highest BCUT2D eigenvalue weighted by Crippen LogP contribution is 2.63. The molecule has 1 amide bonds. The average Bonchev–Trinajstić information content (AvgIpc) is 2.12. The lowest BCUT2D eigenvalue weighted by Crippen LogP contribution is -2.58. The van der Waals surface area contributed by atoms with Crippen LogP contribution in [0.3, 0.4) is 0 Å². The Labute approximate surface area is 95.8 Å². The summed E-state index contributed by atoms with van der Waals surface area (Å²) in [6, 6.07) is 0. The van der Waals surface area contributed by atoms with E-state index in [1.807, 2.05) is 0 Å². The molecule has 4 aliphatic carbocycles. The maximum atomic E-state index is 12.0. The molecular weight excluding hydrogens is 210 g/mol. The van der Waals surface area contributed by atoms with E-state index in [1.54, 1.807) is 7.05 Å². The first-order chi connectivity index (χ1) is 7.05. The first-order valence-electron chi connectivity index (χ1n) is 5.96. The number of rotatable bonds is 1. The fourth-order valence-corrected chi connectivity index (χ4v) is 5.37. The van der Waals surface area contributed by atoms with Crippen molar-refractivity contribution in [3.63, 3.8) is 0 Å². The molecule has 0 aromatic heterocycles. The van der Waals surface area contributed by atoms with Crippen molar-refractivity contribution in [3.05, 3.63) is 0 Å². The van der Waals surface area contributed by atoms with Crippen molar-refractivity contribution in [1.29, 1.82) is 0 Å². The fourth-order valence-electron chi connectivity index (χ4n) is 4.68. The quantitative estimate of drug-likeness (QED) is 0.685. The van der Waals surface area contributed by atoms with Gasteiger partial charge in [-0.05, 0) is 50.4 Å². The molecule has 0 unspecified atom stereocenters. The van der Waals surface area contributed by atoms with Gasteiger partial charge in [-0.25, -0.2) is 0 Å². The predicted octanol–water partition coefficient (Wildman–Crippen LogP) is 2.31. The molecule has 0 radical (unpaired) electrons. The van der Waals surface area contributed by atoms with Crippen LogP contribution in [0.5, 0.6) is 0 Å². The first-order valence-corrected chi connectivity index (χ1v) is 6.34. The van der Waals surface area contributed by atoms with Crippen LogP contribution >= 0.6 is 11.6 Å². The summed E-state index contributed by atoms with van der Waals surface area (Å²) >= 11 is 6.64. The van der Waals surface area contributed by atoms with E-state index in [0.29, 0.717) is 11.8 Å². The third-order valence-electron chi connectivity index (χ3n) is 4.70. The van der Waals surface area contributed by atoms with E-state index in [1.165, 1.54) is 6.42 Å². The monoisotopic (exact) mass is 227 g/mol. The molecule has 0 heterocycles. The minimum Gasteiger partial charge on any atom is -0.359 e. The van der Waals surface area contributed by atoms with Crippen molar-refractivity contribution in [2.45, 2.75) is 43.4 Å². The minimum atomic E-state index is -0.111. The van der Waals surface area contributed by atoms with Crippen LogP contribution in [0.4, 0.5) is 0 Å². The zero-order chi connectivity index (χ0) is 10.7. The highest BCUT2D eigenvalue weighted by atomic mass is 35.5. The van der Waals surface area contributed by atoms with Gasteiger partial charge in [-0.3, -0.25) is 4.79 Å². The summed E-state index contributed by atoms with van der Waals surface area (Å²) in [5, 5.41) is 2.84. The van der Waals surface area contributed by atoms with Crippen molar-refractivity contribution in [2.75, 3.05) is 7.05 Å². The summed E-state index contributed by atoms with van der Waals surface area (Å²) in [6.45, 7) is 0. The van der Waals surface area contributed by atoms with Gasteiger partial charge in [0.05, 0.1) is 5.41 Å². The number of carbonyl (C=O) groups excluding carboxylic acids is 1. The molecule has 0 aromatic rings. The smallest absolute Gasteiger partial charge is 0.226 e. The molecule has 4 saturated carbocycles. The number of hydrogen-bond acceptors (Lipinski definition) is 1. The standard InChI is InChI=1S/C12H18ClNO/c1-14-10(15)11-3-8-2-9(4-11)6-12(13,5-8)7-11/h8-9H,2-7H2,1H3,(H,14,15)/t8-,9-,11?,12?/m1/s1. The summed E-state index contributed by atoms with van der Waals surface area (Å²) < 4.78 is 0. The number of nitrogens with one attached hydrogen (secondary N) is 1. The largest absolute Gasteiger partial charge is 0.359 e. The summed E-state index contributed by atoms with van der Waals surface area (Å²) in [5.41, 5.74) is -0.111. The molecule has 2 nitrogen and oxygen atoms in total. The summed E-state index contributed by atoms with van der Waals surface area (Å²) in [4.78, 5) is 12.0. The normalized spacial score (nSPS) is 51.9. The second-order valence-electron chi connectivity index (χ2n) is 5.97. The molecule has 4 rings (SSSR count). The molecule has 2 atom stereocenters. The van der Waals surface area contributed by atoms with Gasteiger partial charge in [0.2, 0.25) is 5.91 Å². The molecule has 3 heteroatoms. The maximum Gasteiger partial charge on any atom is 0.226 e. The van der Waals surface area contributed by atoms with Crippen LogP contribution in [0.15, 0.2) is 0 Å². The zero-order valence-corrected chi connectivity index (χ0v) is 9.94. The van der Waals surface area contributed by atoms with Crippen molar-refractivity contribution >= 4 is 17.5 Å². The van der Waals surface area contributed by atoms with Crippen LogP contribution in [-0.2, 0) is 4.79 Å². The van der Waals surface area contributed by atoms with Gasteiger partial charge in [-0.1, -0.05) is 0 Å². The van der Waals surface area contributed by atoms with Crippen LogP contribution in [0, 0.1) is 17.3 Å². The zero-order valence-electron chi connectivity index (χ0n) is 9.18. The molecule has 0 aliphatic heterocycles. The molecule has 0 aromatic carbocycles. The van der Waals surface area contributed by atoms with Gasteiger partial charge in [0.25, 0.3) is 0 Å². The Morgan fingerprint density at radius 2 is 1.87 bits per heavy atom. The van der Waals surface area contributed by atoms with Crippen molar-refractivity contribution in [2.24, 2.45) is 17.3 Å². The van der Waals surface area contributed by atoms with Crippen molar-refractivity contribution < 1.29 is 4.79 Å². The van der Waals surface area contributed by atoms with Gasteiger partial charge >= 0.3 is 0 Å². The Morgan fingerprint density at radius 3 is 2.33 bits per heavy atom. The van der Waals surface area contributed by atoms with Gasteiger partial charge in [-0.15, -0.1) is 11.6 Å². The van der Waals surface area contributed by atoms with Crippen molar-refractivity contribution in [1.82, 2.24) is 5.32 Å². The Balaban J connectivity index is 1.96. The highest BCUT2D eigenvalue weighted by molar-refractivity contribution is 6.24. The van der Waals surface area contributed by atoms with Crippen LogP contribution in [0.2, 0.25) is 0 Å². The Hall–Kier alpha value is -0.240. The highest BCUT2D eigenvalue weighted by Gasteiger charge is 2.59. The minimum absolute atomic E-state index is 0.0450. The van der Waals surface area contributed by atoms with Gasteiger partial charge in [-0.2, -0.15) is 0 Å². The van der Waals surface area contributed by atoms with E-state index in [2.05, 4.69) is 5.32 Å². The SMILES string of the molecule is CNC(=O)C12C[C@H]3C[C@@H](CC(Cl)(C3)C1)C2. The van der Waals surface area contributed by atoms with E-state index < -0.39 is 0 Å². The van der Waals surface area contributed by atoms with Crippen LogP contribution in [-0.4, -0.2) is 17.8 Å². The molecule has 4 bridgehead atoms. The predicted molar refractivity (Wildman–Crippen MR) is 59.8 cm³/mol. The molecule has 84 valence electrons. The maximum absolute atomic E-state index is 12.0. The third-order valence-corrected chi connectivity index (χ3v) is 5.14. The van der Waals surface area contributed by atoms with E-state index >= 15 is 0 Å². The lowest BCUT2D eigenvalue weighted by atomic mass is 9.49. The van der Waals surface area contributed by atoms with Gasteiger partial charge < -0.3 is 5.32 Å². The number of alkyl halides is 1. The molecule has 15 heavy (non-hydrogen) atoms. The second kappa shape index (κ2) is 2.91. The molecule has 0 spiro atoms. The topological polar surface area (TPSA) is 29.1 Å². The van der Waals surface area contributed by atoms with E-state index in [0.717, 1.165) is 32.1 Å². The molecule has 4 fully saturated rings. The van der Waals surface area contributed by atoms with Crippen LogP contribution in [0.25, 0.3) is 0 Å². The lowest BCUT2D eigenvalue weighted by Gasteiger charge is -2.59. The summed E-state index contributed by atoms with van der Waals surface area (Å²) in [6.07, 6.45) is 6.67. The Morgan fingerprint density at radius 1 is 1.27 bits per heavy atom. The van der Waals surface area contributed by atoms with Crippen molar-refractivity contribution in [3.8, 4) is 0 Å². The van der Waals surface area contributed by atoms with Crippen LogP contribution < -0.4 is 5.32 Å². The Kier molecular flexibility index (Phi) is 1.93. The lowest BCUT2D eigenvalue weighted by molar-refractivity contribution is -0.144. The number of halogens is 1. The molecular formula is C12H18ClNO. The summed E-state index contributed by atoms with van der Waals surface area (Å²) in [5.74, 6) is 1.66. The van der Waals surface area contributed by atoms with E-state index in [4.69, 9.17) is 11.6 Å². The van der Waals surface area contributed by atoms with Gasteiger partial charge in [0, 0.05) is 11.9 Å². The number of hydrogen-bond donors (Lipinski definition) is 1. The van der Waals surface area contributed by atoms with Gasteiger partial charge in [0.1, 0.15) is 0 Å². The number of amides is 1. The average molecular weight is 228 g/mol. The van der Waals surface area contributed by atoms with Gasteiger partial charge in [0.15, 0.2) is 0 Å². The molecule has 1 N–H and O–H groups in total.